The van der Waals surface area contributed by atoms with Gasteiger partial charge >= 0.3 is 0 Å². The second-order valence-corrected chi connectivity index (χ2v) is 4.66. The van der Waals surface area contributed by atoms with Crippen molar-refractivity contribution in [2.45, 2.75) is 58.5 Å². The van der Waals surface area contributed by atoms with Crippen LogP contribution in [0.4, 0.5) is 0 Å². The zero-order valence-electron chi connectivity index (χ0n) is 10.7. The van der Waals surface area contributed by atoms with Crippen molar-refractivity contribution in [2.75, 3.05) is 6.54 Å². The molecule has 0 aromatic heterocycles. The lowest BCUT2D eigenvalue weighted by atomic mass is 9.91. The maximum Gasteiger partial charge on any atom is 0.246 e. The number of amides is 2. The highest BCUT2D eigenvalue weighted by Crippen LogP contribution is 2.25. The first-order chi connectivity index (χ1) is 7.48. The molecule has 0 bridgehead atoms. The van der Waals surface area contributed by atoms with Crippen molar-refractivity contribution in [3.8, 4) is 0 Å². The SMILES string of the molecule is CCC1NC(=O)CN(C(C)(CC)CC)C1=O. The first kappa shape index (κ1) is 13.0. The molecule has 0 spiro atoms. The van der Waals surface area contributed by atoms with Crippen molar-refractivity contribution in [1.29, 1.82) is 0 Å². The van der Waals surface area contributed by atoms with E-state index in [-0.39, 0.29) is 29.9 Å². The van der Waals surface area contributed by atoms with E-state index in [1.165, 1.54) is 0 Å². The Morgan fingerprint density at radius 3 is 2.31 bits per heavy atom. The van der Waals surface area contributed by atoms with Gasteiger partial charge in [0.2, 0.25) is 11.8 Å². The molecule has 0 aromatic carbocycles. The molecular weight excluding hydrogens is 204 g/mol. The van der Waals surface area contributed by atoms with Crippen molar-refractivity contribution in [3.63, 3.8) is 0 Å². The minimum Gasteiger partial charge on any atom is -0.343 e. The Hall–Kier alpha value is -1.06. The monoisotopic (exact) mass is 226 g/mol. The summed E-state index contributed by atoms with van der Waals surface area (Å²) in [6.45, 7) is 8.29. The molecule has 92 valence electrons. The number of nitrogens with one attached hydrogen (secondary N) is 1. The van der Waals surface area contributed by atoms with Gasteiger partial charge in [0, 0.05) is 5.54 Å². The van der Waals surface area contributed by atoms with E-state index in [4.69, 9.17) is 0 Å². The van der Waals surface area contributed by atoms with E-state index in [1.807, 2.05) is 6.92 Å². The fourth-order valence-electron chi connectivity index (χ4n) is 2.08. The lowest BCUT2D eigenvalue weighted by Gasteiger charge is -2.44. The molecule has 1 N–H and O–H groups in total. The van der Waals surface area contributed by atoms with E-state index in [0.29, 0.717) is 6.42 Å². The van der Waals surface area contributed by atoms with Crippen LogP contribution in [0, 0.1) is 0 Å². The van der Waals surface area contributed by atoms with Crippen molar-refractivity contribution >= 4 is 11.8 Å². The highest BCUT2D eigenvalue weighted by Gasteiger charge is 2.40. The van der Waals surface area contributed by atoms with Gasteiger partial charge in [0.15, 0.2) is 0 Å². The Morgan fingerprint density at radius 2 is 1.88 bits per heavy atom. The highest BCUT2D eigenvalue weighted by atomic mass is 16.2. The third kappa shape index (κ3) is 2.20. The summed E-state index contributed by atoms with van der Waals surface area (Å²) in [6, 6.07) is -0.335. The summed E-state index contributed by atoms with van der Waals surface area (Å²) in [5, 5.41) is 2.74. The van der Waals surface area contributed by atoms with Crippen LogP contribution in [0.2, 0.25) is 0 Å². The summed E-state index contributed by atoms with van der Waals surface area (Å²) in [7, 11) is 0. The third-order valence-electron chi connectivity index (χ3n) is 3.78. The van der Waals surface area contributed by atoms with Crippen LogP contribution < -0.4 is 5.32 Å². The van der Waals surface area contributed by atoms with Gasteiger partial charge < -0.3 is 10.2 Å². The predicted molar refractivity (Wildman–Crippen MR) is 62.9 cm³/mol. The Kier molecular flexibility index (Phi) is 3.94. The summed E-state index contributed by atoms with van der Waals surface area (Å²) < 4.78 is 0. The molecule has 0 saturated carbocycles. The number of rotatable bonds is 4. The molecule has 0 aromatic rings. The summed E-state index contributed by atoms with van der Waals surface area (Å²) in [5.41, 5.74) is -0.192. The van der Waals surface area contributed by atoms with Crippen molar-refractivity contribution < 1.29 is 9.59 Å². The van der Waals surface area contributed by atoms with E-state index in [1.54, 1.807) is 4.90 Å². The number of hydrogen-bond donors (Lipinski definition) is 1. The molecule has 4 heteroatoms. The molecule has 0 aliphatic carbocycles. The lowest BCUT2D eigenvalue weighted by Crippen LogP contribution is -2.63. The Labute approximate surface area is 97.4 Å². The standard InChI is InChI=1S/C12H22N2O2/c1-5-9-11(16)14(8-10(15)13-9)12(4,6-2)7-3/h9H,5-8H2,1-4H3,(H,13,15). The van der Waals surface area contributed by atoms with Gasteiger partial charge in [-0.25, -0.2) is 0 Å². The molecule has 0 radical (unpaired) electrons. The molecule has 1 saturated heterocycles. The average Bonchev–Trinajstić information content (AvgIpc) is 2.30. The van der Waals surface area contributed by atoms with E-state index >= 15 is 0 Å². The predicted octanol–water partition coefficient (Wildman–Crippen LogP) is 1.30. The minimum absolute atomic E-state index is 0.0421. The van der Waals surface area contributed by atoms with Crippen LogP contribution in [0.5, 0.6) is 0 Å². The Balaban J connectivity index is 2.93. The topological polar surface area (TPSA) is 49.4 Å². The quantitative estimate of drug-likeness (QED) is 0.785. The van der Waals surface area contributed by atoms with Gasteiger partial charge in [0.1, 0.15) is 12.6 Å². The summed E-state index contributed by atoms with van der Waals surface area (Å²) in [5.74, 6) is 0.0212. The molecule has 1 heterocycles. The Morgan fingerprint density at radius 1 is 1.31 bits per heavy atom. The second kappa shape index (κ2) is 4.85. The van der Waals surface area contributed by atoms with Crippen LogP contribution in [-0.2, 0) is 9.59 Å². The molecule has 1 fully saturated rings. The molecule has 16 heavy (non-hydrogen) atoms. The minimum atomic E-state index is -0.335. The fourth-order valence-corrected chi connectivity index (χ4v) is 2.08. The number of piperazine rings is 1. The van der Waals surface area contributed by atoms with Gasteiger partial charge in [-0.1, -0.05) is 20.8 Å². The Bertz CT molecular complexity index is 285. The summed E-state index contributed by atoms with van der Waals surface area (Å²) in [6.07, 6.45) is 2.41. The number of carbonyl (C=O) groups is 2. The maximum atomic E-state index is 12.2. The van der Waals surface area contributed by atoms with E-state index in [0.717, 1.165) is 12.8 Å². The number of carbonyl (C=O) groups excluding carboxylic acids is 2. The number of nitrogens with zero attached hydrogens (tertiary/aromatic N) is 1. The summed E-state index contributed by atoms with van der Waals surface area (Å²) >= 11 is 0. The lowest BCUT2D eigenvalue weighted by molar-refractivity contribution is -0.150. The molecule has 2 amide bonds. The molecule has 1 aliphatic heterocycles. The molecule has 1 unspecified atom stereocenters. The van der Waals surface area contributed by atoms with Crippen molar-refractivity contribution in [3.05, 3.63) is 0 Å². The zero-order chi connectivity index (χ0) is 12.3. The van der Waals surface area contributed by atoms with Crippen LogP contribution in [0.25, 0.3) is 0 Å². The van der Waals surface area contributed by atoms with Crippen molar-refractivity contribution in [2.24, 2.45) is 0 Å². The average molecular weight is 226 g/mol. The van der Waals surface area contributed by atoms with Gasteiger partial charge in [-0.15, -0.1) is 0 Å². The fraction of sp³-hybridized carbons (Fsp3) is 0.833. The van der Waals surface area contributed by atoms with Crippen LogP contribution >= 0.6 is 0 Å². The van der Waals surface area contributed by atoms with Gasteiger partial charge in [-0.05, 0) is 26.2 Å². The second-order valence-electron chi connectivity index (χ2n) is 4.66. The van der Waals surface area contributed by atoms with Crippen molar-refractivity contribution in [1.82, 2.24) is 10.2 Å². The van der Waals surface area contributed by atoms with Crippen LogP contribution in [-0.4, -0.2) is 34.8 Å². The van der Waals surface area contributed by atoms with E-state index < -0.39 is 0 Å². The van der Waals surface area contributed by atoms with Gasteiger partial charge in [-0.3, -0.25) is 9.59 Å². The third-order valence-corrected chi connectivity index (χ3v) is 3.78. The highest BCUT2D eigenvalue weighted by molar-refractivity contribution is 5.95. The maximum absolute atomic E-state index is 12.2. The first-order valence-electron chi connectivity index (χ1n) is 6.09. The zero-order valence-corrected chi connectivity index (χ0v) is 10.7. The largest absolute Gasteiger partial charge is 0.343 e. The van der Waals surface area contributed by atoms with E-state index in [9.17, 15) is 9.59 Å². The van der Waals surface area contributed by atoms with Gasteiger partial charge in [-0.2, -0.15) is 0 Å². The molecule has 1 aliphatic rings. The first-order valence-corrected chi connectivity index (χ1v) is 6.09. The molecule has 4 nitrogen and oxygen atoms in total. The molecule has 1 atom stereocenters. The molecular formula is C12H22N2O2. The summed E-state index contributed by atoms with van der Waals surface area (Å²) in [4.78, 5) is 25.5. The van der Waals surface area contributed by atoms with Crippen LogP contribution in [0.15, 0.2) is 0 Å². The molecule has 1 rings (SSSR count). The van der Waals surface area contributed by atoms with Crippen LogP contribution in [0.3, 0.4) is 0 Å². The van der Waals surface area contributed by atoms with Crippen LogP contribution in [0.1, 0.15) is 47.0 Å². The normalized spacial score (nSPS) is 22.2. The van der Waals surface area contributed by atoms with E-state index in [2.05, 4.69) is 26.1 Å². The van der Waals surface area contributed by atoms with Gasteiger partial charge in [0.25, 0.3) is 0 Å². The smallest absolute Gasteiger partial charge is 0.246 e. The number of hydrogen-bond acceptors (Lipinski definition) is 2. The van der Waals surface area contributed by atoms with Gasteiger partial charge in [0.05, 0.1) is 0 Å².